The first-order chi connectivity index (χ1) is 21.1. The van der Waals surface area contributed by atoms with Gasteiger partial charge in [0.25, 0.3) is 5.91 Å². The number of amides is 3. The number of aryl methyl sites for hydroxylation is 3. The molecular formula is C33H39ClN6O4. The van der Waals surface area contributed by atoms with Crippen LogP contribution in [-0.4, -0.2) is 83.6 Å². The zero-order valence-corrected chi connectivity index (χ0v) is 26.4. The predicted molar refractivity (Wildman–Crippen MR) is 170 cm³/mol. The van der Waals surface area contributed by atoms with E-state index in [9.17, 15) is 14.4 Å². The molecule has 5 rings (SSSR count). The number of nitrogens with zero attached hydrogens (tertiary/aromatic N) is 5. The number of ether oxygens (including phenoxy) is 1. The summed E-state index contributed by atoms with van der Waals surface area (Å²) in [7, 11) is 0. The highest BCUT2D eigenvalue weighted by Gasteiger charge is 2.42. The van der Waals surface area contributed by atoms with Gasteiger partial charge in [-0.3, -0.25) is 9.69 Å². The van der Waals surface area contributed by atoms with Crippen molar-refractivity contribution >= 4 is 40.9 Å². The minimum absolute atomic E-state index is 0.0211. The minimum Gasteiger partial charge on any atom is -0.462 e. The van der Waals surface area contributed by atoms with Gasteiger partial charge in [0.1, 0.15) is 6.33 Å². The summed E-state index contributed by atoms with van der Waals surface area (Å²) in [6.07, 6.45) is 2.25. The van der Waals surface area contributed by atoms with Crippen LogP contribution in [-0.2, 0) is 4.74 Å². The molecule has 2 fully saturated rings. The first-order valence-corrected chi connectivity index (χ1v) is 15.4. The maximum absolute atomic E-state index is 13.6. The molecule has 0 bridgehead atoms. The lowest BCUT2D eigenvalue weighted by Crippen LogP contribution is -2.38. The molecule has 1 N–H and O–H groups in total. The standard InChI is InChI=1S/C33H39ClN6O4/c1-5-44-32(42)24-8-6-9-27(14-24)37-33(43)40(28-11-10-21(2)29(34)15-28)13-7-12-38-16-25-18-39(19-26(25)17-38)31(41)30-22(3)35-20-36-23(30)4/h6,8-11,14-15,20,25-26H,5,7,12-13,16-19H2,1-4H3,(H,37,43). The molecule has 3 heterocycles. The number of likely N-dealkylation sites (tertiary alicyclic amines) is 2. The van der Waals surface area contributed by atoms with Gasteiger partial charge in [0, 0.05) is 49.1 Å². The van der Waals surface area contributed by atoms with Crippen molar-refractivity contribution < 1.29 is 19.1 Å². The summed E-state index contributed by atoms with van der Waals surface area (Å²) in [5, 5.41) is 3.52. The Labute approximate surface area is 263 Å². The lowest BCUT2D eigenvalue weighted by molar-refractivity contribution is 0.0526. The van der Waals surface area contributed by atoms with E-state index < -0.39 is 5.97 Å². The number of aromatic nitrogens is 2. The van der Waals surface area contributed by atoms with E-state index in [0.29, 0.717) is 45.9 Å². The topological polar surface area (TPSA) is 108 Å². The number of benzene rings is 2. The molecule has 0 spiro atoms. The maximum Gasteiger partial charge on any atom is 0.338 e. The molecule has 3 amide bonds. The predicted octanol–water partition coefficient (Wildman–Crippen LogP) is 5.36. The van der Waals surface area contributed by atoms with Crippen molar-refractivity contribution in [3.05, 3.63) is 81.9 Å². The Hall–Kier alpha value is -4.02. The zero-order valence-electron chi connectivity index (χ0n) is 25.7. The number of carbonyl (C=O) groups excluding carboxylic acids is 3. The van der Waals surface area contributed by atoms with Crippen molar-refractivity contribution in [1.29, 1.82) is 0 Å². The highest BCUT2D eigenvalue weighted by atomic mass is 35.5. The Kier molecular flexibility index (Phi) is 9.80. The second kappa shape index (κ2) is 13.7. The fourth-order valence-corrected chi connectivity index (χ4v) is 6.35. The summed E-state index contributed by atoms with van der Waals surface area (Å²) in [5.74, 6) is 0.429. The second-order valence-electron chi connectivity index (χ2n) is 11.6. The number of carbonyl (C=O) groups is 3. The van der Waals surface area contributed by atoms with Gasteiger partial charge in [-0.15, -0.1) is 0 Å². The second-order valence-corrected chi connectivity index (χ2v) is 12.0. The molecule has 232 valence electrons. The highest BCUT2D eigenvalue weighted by molar-refractivity contribution is 6.31. The molecule has 2 aromatic carbocycles. The van der Waals surface area contributed by atoms with Crippen LogP contribution in [0.15, 0.2) is 48.8 Å². The molecule has 0 radical (unpaired) electrons. The molecule has 11 heteroatoms. The summed E-state index contributed by atoms with van der Waals surface area (Å²) in [5.41, 5.74) is 4.56. The average Bonchev–Trinajstić information content (AvgIpc) is 3.56. The van der Waals surface area contributed by atoms with Gasteiger partial charge in [-0.05, 0) is 88.4 Å². The third-order valence-corrected chi connectivity index (χ3v) is 8.89. The van der Waals surface area contributed by atoms with E-state index in [-0.39, 0.29) is 18.5 Å². The monoisotopic (exact) mass is 618 g/mol. The van der Waals surface area contributed by atoms with E-state index in [4.69, 9.17) is 16.3 Å². The van der Waals surface area contributed by atoms with E-state index in [2.05, 4.69) is 20.2 Å². The fraction of sp³-hybridized carbons (Fsp3) is 0.424. The van der Waals surface area contributed by atoms with Crippen molar-refractivity contribution in [2.24, 2.45) is 11.8 Å². The third-order valence-electron chi connectivity index (χ3n) is 8.48. The van der Waals surface area contributed by atoms with Gasteiger partial charge in [0.15, 0.2) is 0 Å². The van der Waals surface area contributed by atoms with Gasteiger partial charge >= 0.3 is 12.0 Å². The lowest BCUT2D eigenvalue weighted by atomic mass is 10.0. The van der Waals surface area contributed by atoms with Crippen LogP contribution in [0, 0.1) is 32.6 Å². The van der Waals surface area contributed by atoms with Crippen LogP contribution >= 0.6 is 11.6 Å². The molecule has 0 aliphatic carbocycles. The van der Waals surface area contributed by atoms with Crippen molar-refractivity contribution in [3.63, 3.8) is 0 Å². The van der Waals surface area contributed by atoms with E-state index in [1.165, 1.54) is 6.33 Å². The van der Waals surface area contributed by atoms with Gasteiger partial charge in [0.05, 0.1) is 29.1 Å². The van der Waals surface area contributed by atoms with Gasteiger partial charge in [-0.1, -0.05) is 23.7 Å². The lowest BCUT2D eigenvalue weighted by Gasteiger charge is -2.26. The molecule has 0 saturated carbocycles. The molecule has 44 heavy (non-hydrogen) atoms. The van der Waals surface area contributed by atoms with Gasteiger partial charge in [-0.2, -0.15) is 0 Å². The molecular weight excluding hydrogens is 580 g/mol. The van der Waals surface area contributed by atoms with Gasteiger partial charge < -0.3 is 19.9 Å². The molecule has 2 aliphatic rings. The van der Waals surface area contributed by atoms with Crippen molar-refractivity contribution in [2.75, 3.05) is 56.1 Å². The van der Waals surface area contributed by atoms with Crippen molar-refractivity contribution in [2.45, 2.75) is 34.1 Å². The fourth-order valence-electron chi connectivity index (χ4n) is 6.18. The summed E-state index contributed by atoms with van der Waals surface area (Å²) in [6.45, 7) is 12.3. The normalized spacial score (nSPS) is 17.8. The van der Waals surface area contributed by atoms with Gasteiger partial charge in [-0.25, -0.2) is 19.6 Å². The number of nitrogens with one attached hydrogen (secondary N) is 1. The van der Waals surface area contributed by atoms with Crippen LogP contribution in [0.25, 0.3) is 0 Å². The Morgan fingerprint density at radius 3 is 2.36 bits per heavy atom. The van der Waals surface area contributed by atoms with E-state index in [1.54, 1.807) is 42.2 Å². The largest absolute Gasteiger partial charge is 0.462 e. The number of fused-ring (bicyclic) bond motifs is 1. The van der Waals surface area contributed by atoms with Gasteiger partial charge in [0.2, 0.25) is 0 Å². The van der Waals surface area contributed by atoms with Crippen LogP contribution in [0.3, 0.4) is 0 Å². The highest BCUT2D eigenvalue weighted by Crippen LogP contribution is 2.32. The van der Waals surface area contributed by atoms with Crippen LogP contribution in [0.2, 0.25) is 5.02 Å². The molecule has 2 saturated heterocycles. The third kappa shape index (κ3) is 7.03. The number of anilines is 2. The van der Waals surface area contributed by atoms with Crippen LogP contribution in [0.4, 0.5) is 16.2 Å². The smallest absolute Gasteiger partial charge is 0.338 e. The first kappa shape index (κ1) is 31.4. The zero-order chi connectivity index (χ0) is 31.4. The Morgan fingerprint density at radius 1 is 1.00 bits per heavy atom. The Morgan fingerprint density at radius 2 is 1.70 bits per heavy atom. The summed E-state index contributed by atoms with van der Waals surface area (Å²) in [4.78, 5) is 53.5. The first-order valence-electron chi connectivity index (χ1n) is 15.1. The molecule has 10 nitrogen and oxygen atoms in total. The molecule has 1 aromatic heterocycles. The summed E-state index contributed by atoms with van der Waals surface area (Å²) in [6, 6.07) is 12.0. The minimum atomic E-state index is -0.437. The van der Waals surface area contributed by atoms with Crippen LogP contribution in [0.1, 0.15) is 51.0 Å². The van der Waals surface area contributed by atoms with E-state index in [0.717, 1.165) is 56.1 Å². The number of urea groups is 1. The Bertz CT molecular complexity index is 1510. The summed E-state index contributed by atoms with van der Waals surface area (Å²) >= 11 is 6.44. The van der Waals surface area contributed by atoms with Crippen molar-refractivity contribution in [3.8, 4) is 0 Å². The molecule has 2 unspecified atom stereocenters. The van der Waals surface area contributed by atoms with Crippen LogP contribution in [0.5, 0.6) is 0 Å². The molecule has 2 atom stereocenters. The van der Waals surface area contributed by atoms with E-state index in [1.807, 2.05) is 37.8 Å². The maximum atomic E-state index is 13.6. The average molecular weight is 619 g/mol. The number of hydrogen-bond acceptors (Lipinski definition) is 7. The quantitative estimate of drug-likeness (QED) is 0.322. The number of halogens is 1. The molecule has 3 aromatic rings. The van der Waals surface area contributed by atoms with Crippen molar-refractivity contribution in [1.82, 2.24) is 19.8 Å². The SMILES string of the molecule is CCOC(=O)c1cccc(NC(=O)N(CCCN2CC3CN(C(=O)c4c(C)ncnc4C)CC3C2)c2ccc(C)c(Cl)c2)c1. The number of rotatable bonds is 9. The van der Waals surface area contributed by atoms with E-state index >= 15 is 0 Å². The number of esters is 1. The van der Waals surface area contributed by atoms with Crippen LogP contribution < -0.4 is 10.2 Å². The molecule has 2 aliphatic heterocycles. The Balaban J connectivity index is 1.20. The number of hydrogen-bond donors (Lipinski definition) is 1. The summed E-state index contributed by atoms with van der Waals surface area (Å²) < 4.78 is 5.10.